The van der Waals surface area contributed by atoms with Gasteiger partial charge in [-0.25, -0.2) is 8.42 Å². The largest absolute Gasteiger partial charge is 0.492 e. The van der Waals surface area contributed by atoms with Crippen LogP contribution < -0.4 is 10.1 Å². The molecule has 0 atom stereocenters. The van der Waals surface area contributed by atoms with Gasteiger partial charge in [-0.2, -0.15) is 9.57 Å². The van der Waals surface area contributed by atoms with E-state index in [9.17, 15) is 13.2 Å². The topological polar surface area (TPSA) is 99.5 Å². The molecule has 1 aliphatic heterocycles. The maximum absolute atomic E-state index is 13.1. The van der Waals surface area contributed by atoms with Crippen molar-refractivity contribution >= 4 is 21.6 Å². The minimum Gasteiger partial charge on any atom is -0.492 e. The van der Waals surface area contributed by atoms with Gasteiger partial charge in [-0.3, -0.25) is 4.79 Å². The fraction of sp³-hybridized carbons (Fsp3) is 0.333. The third kappa shape index (κ3) is 4.58. The van der Waals surface area contributed by atoms with Crippen LogP contribution in [-0.4, -0.2) is 38.3 Å². The molecule has 1 fully saturated rings. The number of nitrogens with one attached hydrogen (secondary N) is 1. The zero-order chi connectivity index (χ0) is 20.9. The first kappa shape index (κ1) is 20.8. The van der Waals surface area contributed by atoms with Crippen molar-refractivity contribution in [1.29, 1.82) is 5.26 Å². The minimum absolute atomic E-state index is 0.0196. The predicted molar refractivity (Wildman–Crippen MR) is 109 cm³/mol. The highest BCUT2D eigenvalue weighted by atomic mass is 32.2. The van der Waals surface area contributed by atoms with Crippen LogP contribution in [0.15, 0.2) is 47.4 Å². The van der Waals surface area contributed by atoms with Gasteiger partial charge >= 0.3 is 0 Å². The third-order valence-corrected chi connectivity index (χ3v) is 6.68. The number of hydrogen-bond donors (Lipinski definition) is 1. The van der Waals surface area contributed by atoms with Crippen LogP contribution in [0.5, 0.6) is 5.75 Å². The van der Waals surface area contributed by atoms with E-state index in [-0.39, 0.29) is 10.5 Å². The molecule has 29 heavy (non-hydrogen) atoms. The van der Waals surface area contributed by atoms with E-state index in [4.69, 9.17) is 10.00 Å². The van der Waals surface area contributed by atoms with Gasteiger partial charge in [-0.05, 0) is 50.1 Å². The summed E-state index contributed by atoms with van der Waals surface area (Å²) in [5, 5.41) is 11.8. The number of benzene rings is 2. The number of ether oxygens (including phenoxy) is 1. The Labute approximate surface area is 171 Å². The Kier molecular flexibility index (Phi) is 6.52. The average molecular weight is 413 g/mol. The summed E-state index contributed by atoms with van der Waals surface area (Å²) in [6, 6.07) is 12.9. The lowest BCUT2D eigenvalue weighted by Gasteiger charge is -2.26. The number of piperidine rings is 1. The molecule has 7 nitrogen and oxygen atoms in total. The van der Waals surface area contributed by atoms with Gasteiger partial charge in [0.2, 0.25) is 10.0 Å². The lowest BCUT2D eigenvalue weighted by molar-refractivity contribution is 0.102. The van der Waals surface area contributed by atoms with Gasteiger partial charge in [0.25, 0.3) is 5.91 Å². The highest BCUT2D eigenvalue weighted by Gasteiger charge is 2.30. The van der Waals surface area contributed by atoms with Crippen LogP contribution in [0.4, 0.5) is 5.69 Å². The van der Waals surface area contributed by atoms with Gasteiger partial charge < -0.3 is 10.1 Å². The highest BCUT2D eigenvalue weighted by molar-refractivity contribution is 7.89. The quantitative estimate of drug-likeness (QED) is 0.783. The average Bonchev–Trinajstić information content (AvgIpc) is 2.75. The highest BCUT2D eigenvalue weighted by Crippen LogP contribution is 2.28. The lowest BCUT2D eigenvalue weighted by atomic mass is 10.1. The van der Waals surface area contributed by atoms with E-state index in [1.165, 1.54) is 22.5 Å². The number of amides is 1. The van der Waals surface area contributed by atoms with Gasteiger partial charge in [0, 0.05) is 13.1 Å². The minimum atomic E-state index is -3.77. The van der Waals surface area contributed by atoms with Crippen LogP contribution in [0.25, 0.3) is 0 Å². The van der Waals surface area contributed by atoms with Crippen LogP contribution in [0.2, 0.25) is 0 Å². The Morgan fingerprint density at radius 3 is 2.59 bits per heavy atom. The molecule has 2 aromatic carbocycles. The summed E-state index contributed by atoms with van der Waals surface area (Å²) in [4.78, 5) is 13.0. The van der Waals surface area contributed by atoms with Crippen molar-refractivity contribution in [2.45, 2.75) is 31.1 Å². The molecular formula is C21H23N3O4S. The van der Waals surface area contributed by atoms with Crippen LogP contribution in [0.3, 0.4) is 0 Å². The van der Waals surface area contributed by atoms with Crippen molar-refractivity contribution < 1.29 is 17.9 Å². The lowest BCUT2D eigenvalue weighted by Crippen LogP contribution is -2.36. The number of sulfonamides is 1. The fourth-order valence-corrected chi connectivity index (χ4v) is 5.00. The van der Waals surface area contributed by atoms with Crippen LogP contribution >= 0.6 is 0 Å². The SMILES string of the molecule is CCOc1ccc(C#N)cc1NC(=O)c1ccccc1S(=O)(=O)N1CCCCC1. The molecule has 2 aromatic rings. The van der Waals surface area contributed by atoms with Gasteiger partial charge in [0.1, 0.15) is 5.75 Å². The maximum Gasteiger partial charge on any atom is 0.257 e. The normalized spacial score (nSPS) is 14.8. The van der Waals surface area contributed by atoms with E-state index in [0.29, 0.717) is 36.7 Å². The standard InChI is InChI=1S/C21H23N3O4S/c1-2-28-19-11-10-16(15-22)14-18(19)23-21(25)17-8-4-5-9-20(17)29(26,27)24-12-6-3-7-13-24/h4-5,8-11,14H,2-3,6-7,12-13H2,1H3,(H,23,25). The number of carbonyl (C=O) groups excluding carboxylic acids is 1. The molecule has 152 valence electrons. The second-order valence-electron chi connectivity index (χ2n) is 6.67. The first-order valence-corrected chi connectivity index (χ1v) is 11.0. The van der Waals surface area contributed by atoms with E-state index >= 15 is 0 Å². The summed E-state index contributed by atoms with van der Waals surface area (Å²) >= 11 is 0. The molecule has 0 unspecified atom stereocenters. The summed E-state index contributed by atoms with van der Waals surface area (Å²) in [5.41, 5.74) is 0.738. The molecule has 1 heterocycles. The Morgan fingerprint density at radius 2 is 1.90 bits per heavy atom. The zero-order valence-electron chi connectivity index (χ0n) is 16.2. The van der Waals surface area contributed by atoms with Crippen molar-refractivity contribution in [1.82, 2.24) is 4.31 Å². The van der Waals surface area contributed by atoms with Gasteiger partial charge in [0.05, 0.1) is 34.4 Å². The molecule has 3 rings (SSSR count). The molecule has 0 bridgehead atoms. The molecule has 1 saturated heterocycles. The molecule has 1 amide bonds. The van der Waals surface area contributed by atoms with Gasteiger partial charge in [0.15, 0.2) is 0 Å². The predicted octanol–water partition coefficient (Wildman–Crippen LogP) is 3.38. The summed E-state index contributed by atoms with van der Waals surface area (Å²) in [7, 11) is -3.77. The number of hydrogen-bond acceptors (Lipinski definition) is 5. The van der Waals surface area contributed by atoms with Gasteiger partial charge in [-0.15, -0.1) is 0 Å². The molecule has 0 spiro atoms. The second kappa shape index (κ2) is 9.07. The van der Waals surface area contributed by atoms with Crippen LogP contribution in [-0.2, 0) is 10.0 Å². The van der Waals surface area contributed by atoms with Crippen molar-refractivity contribution in [3.8, 4) is 11.8 Å². The van der Waals surface area contributed by atoms with Crippen molar-refractivity contribution in [2.24, 2.45) is 0 Å². The van der Waals surface area contributed by atoms with E-state index in [0.717, 1.165) is 19.3 Å². The van der Waals surface area contributed by atoms with Crippen LogP contribution in [0, 0.1) is 11.3 Å². The van der Waals surface area contributed by atoms with E-state index in [1.807, 2.05) is 13.0 Å². The van der Waals surface area contributed by atoms with Gasteiger partial charge in [-0.1, -0.05) is 18.6 Å². The van der Waals surface area contributed by atoms with E-state index in [2.05, 4.69) is 5.32 Å². The summed E-state index contributed by atoms with van der Waals surface area (Å²) in [6.45, 7) is 3.10. The molecule has 0 saturated carbocycles. The van der Waals surface area contributed by atoms with Crippen molar-refractivity contribution in [3.05, 3.63) is 53.6 Å². The Bertz CT molecular complexity index is 1040. The Balaban J connectivity index is 1.95. The first-order chi connectivity index (χ1) is 14.0. The van der Waals surface area contributed by atoms with Crippen molar-refractivity contribution in [3.63, 3.8) is 0 Å². The zero-order valence-corrected chi connectivity index (χ0v) is 17.0. The summed E-state index contributed by atoms with van der Waals surface area (Å²) in [6.07, 6.45) is 2.63. The summed E-state index contributed by atoms with van der Waals surface area (Å²) < 4.78 is 33.2. The number of rotatable bonds is 6. The van der Waals surface area contributed by atoms with Crippen LogP contribution in [0.1, 0.15) is 42.1 Å². The van der Waals surface area contributed by atoms with Crippen molar-refractivity contribution in [2.75, 3.05) is 25.0 Å². The van der Waals surface area contributed by atoms with E-state index < -0.39 is 15.9 Å². The number of anilines is 1. The molecule has 8 heteroatoms. The fourth-order valence-electron chi connectivity index (χ4n) is 3.29. The molecule has 0 radical (unpaired) electrons. The third-order valence-electron chi connectivity index (χ3n) is 4.72. The number of carbonyl (C=O) groups is 1. The first-order valence-electron chi connectivity index (χ1n) is 9.55. The molecule has 0 aliphatic carbocycles. The molecule has 0 aromatic heterocycles. The monoisotopic (exact) mass is 413 g/mol. The molecular weight excluding hydrogens is 390 g/mol. The maximum atomic E-state index is 13.1. The molecule has 1 N–H and O–H groups in total. The second-order valence-corrected chi connectivity index (χ2v) is 8.58. The number of nitriles is 1. The number of nitrogens with zero attached hydrogens (tertiary/aromatic N) is 2. The summed E-state index contributed by atoms with van der Waals surface area (Å²) in [5.74, 6) is -0.159. The van der Waals surface area contributed by atoms with E-state index in [1.54, 1.807) is 24.3 Å². The Hall–Kier alpha value is -2.89. The molecule has 1 aliphatic rings. The smallest absolute Gasteiger partial charge is 0.257 e. The Morgan fingerprint density at radius 1 is 1.17 bits per heavy atom.